The summed E-state index contributed by atoms with van der Waals surface area (Å²) >= 11 is 0. The predicted molar refractivity (Wildman–Crippen MR) is 63.1 cm³/mol. The number of hydrogen-bond acceptors (Lipinski definition) is 5. The van der Waals surface area contributed by atoms with Crippen LogP contribution in [0, 0.1) is 5.92 Å². The second-order valence-corrected chi connectivity index (χ2v) is 4.06. The Bertz CT molecular complexity index is 397. The summed E-state index contributed by atoms with van der Waals surface area (Å²) in [4.78, 5) is 19.2. The molecule has 0 radical (unpaired) electrons. The van der Waals surface area contributed by atoms with Crippen molar-refractivity contribution in [1.29, 1.82) is 0 Å². The summed E-state index contributed by atoms with van der Waals surface area (Å²) < 4.78 is 0. The highest BCUT2D eigenvalue weighted by Crippen LogP contribution is 2.25. The molecule has 0 fully saturated rings. The van der Waals surface area contributed by atoms with Gasteiger partial charge in [-0.05, 0) is 12.0 Å². The average molecular weight is 237 g/mol. The van der Waals surface area contributed by atoms with Crippen molar-refractivity contribution >= 4 is 18.0 Å². The van der Waals surface area contributed by atoms with Crippen LogP contribution in [0.4, 0.5) is 0 Å². The Hall–Kier alpha value is -1.37. The molecule has 6 heteroatoms. The zero-order valence-corrected chi connectivity index (χ0v) is 9.33. The largest absolute Gasteiger partial charge is 0.395 e. The number of aliphatic hydroxyl groups excluding tert-OH is 2. The van der Waals surface area contributed by atoms with Gasteiger partial charge in [-0.2, -0.15) is 0 Å². The Morgan fingerprint density at radius 3 is 2.94 bits per heavy atom. The van der Waals surface area contributed by atoms with Crippen molar-refractivity contribution in [2.45, 2.75) is 12.5 Å². The third-order valence-electron chi connectivity index (χ3n) is 2.96. The van der Waals surface area contributed by atoms with Crippen molar-refractivity contribution in [3.8, 4) is 0 Å². The standard InChI is InChI=1S/C11H15N3O3/c15-4-8(5-16)12-3-7-1-2-9-10(7)13-6-14-11(9)17/h1,6,8-9,12,15-16H,2-5H2. The van der Waals surface area contributed by atoms with E-state index in [2.05, 4.69) is 15.3 Å². The lowest BCUT2D eigenvalue weighted by molar-refractivity contribution is -0.119. The number of carbonyl (C=O) groups excluding carboxylic acids is 1. The first-order valence-electron chi connectivity index (χ1n) is 5.54. The second kappa shape index (κ2) is 5.31. The molecule has 0 aromatic carbocycles. The van der Waals surface area contributed by atoms with Crippen LogP contribution in [0.5, 0.6) is 0 Å². The van der Waals surface area contributed by atoms with Crippen LogP contribution >= 0.6 is 0 Å². The van der Waals surface area contributed by atoms with Crippen LogP contribution in [0.1, 0.15) is 6.42 Å². The Morgan fingerprint density at radius 1 is 1.47 bits per heavy atom. The third kappa shape index (κ3) is 2.49. The van der Waals surface area contributed by atoms with Crippen LogP contribution in [0.25, 0.3) is 0 Å². The van der Waals surface area contributed by atoms with Gasteiger partial charge in [0.15, 0.2) is 0 Å². The van der Waals surface area contributed by atoms with Gasteiger partial charge in [-0.1, -0.05) is 6.08 Å². The Kier molecular flexibility index (Phi) is 3.78. The van der Waals surface area contributed by atoms with E-state index in [1.807, 2.05) is 6.08 Å². The van der Waals surface area contributed by atoms with Crippen molar-refractivity contribution in [3.05, 3.63) is 11.6 Å². The van der Waals surface area contributed by atoms with Gasteiger partial charge in [-0.25, -0.2) is 9.98 Å². The van der Waals surface area contributed by atoms with Crippen LogP contribution < -0.4 is 5.32 Å². The first-order valence-corrected chi connectivity index (χ1v) is 5.54. The van der Waals surface area contributed by atoms with Gasteiger partial charge in [-0.15, -0.1) is 0 Å². The molecule has 1 unspecified atom stereocenters. The van der Waals surface area contributed by atoms with Gasteiger partial charge in [0, 0.05) is 6.54 Å². The molecule has 92 valence electrons. The van der Waals surface area contributed by atoms with E-state index in [-0.39, 0.29) is 31.1 Å². The first-order chi connectivity index (χ1) is 8.26. The molecule has 0 aromatic heterocycles. The Balaban J connectivity index is 1.97. The van der Waals surface area contributed by atoms with Gasteiger partial charge >= 0.3 is 0 Å². The summed E-state index contributed by atoms with van der Waals surface area (Å²) in [5.41, 5.74) is 1.70. The number of aliphatic hydroxyl groups is 2. The van der Waals surface area contributed by atoms with Gasteiger partial charge in [0.25, 0.3) is 5.91 Å². The van der Waals surface area contributed by atoms with Crippen molar-refractivity contribution in [1.82, 2.24) is 5.32 Å². The SMILES string of the molecule is O=C1N=CN=C2C(CNC(CO)CO)=CCC12. The molecule has 0 bridgehead atoms. The molecule has 0 spiro atoms. The lowest BCUT2D eigenvalue weighted by Gasteiger charge is -2.16. The number of fused-ring (bicyclic) bond motifs is 1. The number of carbonyl (C=O) groups is 1. The van der Waals surface area contributed by atoms with Crippen molar-refractivity contribution < 1.29 is 15.0 Å². The highest BCUT2D eigenvalue weighted by atomic mass is 16.3. The van der Waals surface area contributed by atoms with E-state index in [0.29, 0.717) is 13.0 Å². The highest BCUT2D eigenvalue weighted by molar-refractivity contribution is 6.20. The minimum absolute atomic E-state index is 0.125. The van der Waals surface area contributed by atoms with Crippen LogP contribution in [-0.4, -0.2) is 54.0 Å². The number of nitrogens with one attached hydrogen (secondary N) is 1. The summed E-state index contributed by atoms with van der Waals surface area (Å²) in [7, 11) is 0. The maximum absolute atomic E-state index is 11.5. The Labute approximate surface area is 98.8 Å². The lowest BCUT2D eigenvalue weighted by atomic mass is 10.0. The molecule has 1 atom stereocenters. The molecule has 17 heavy (non-hydrogen) atoms. The maximum Gasteiger partial charge on any atom is 0.256 e. The molecule has 0 saturated carbocycles. The molecule has 3 N–H and O–H groups in total. The van der Waals surface area contributed by atoms with E-state index in [0.717, 1.165) is 11.3 Å². The fraction of sp³-hybridized carbons (Fsp3) is 0.545. The normalized spacial score (nSPS) is 22.8. The highest BCUT2D eigenvalue weighted by Gasteiger charge is 2.32. The molecular formula is C11H15N3O3. The topological polar surface area (TPSA) is 94.3 Å². The molecule has 6 nitrogen and oxygen atoms in total. The summed E-state index contributed by atoms with van der Waals surface area (Å²) in [6, 6.07) is -0.344. The minimum Gasteiger partial charge on any atom is -0.395 e. The molecule has 1 aliphatic heterocycles. The zero-order chi connectivity index (χ0) is 12.3. The summed E-state index contributed by atoms with van der Waals surface area (Å²) in [5.74, 6) is -0.388. The third-order valence-corrected chi connectivity index (χ3v) is 2.96. The molecule has 0 aromatic rings. The molecule has 1 aliphatic carbocycles. The van der Waals surface area contributed by atoms with Crippen molar-refractivity contribution in [2.24, 2.45) is 15.9 Å². The molecular weight excluding hydrogens is 222 g/mol. The monoisotopic (exact) mass is 237 g/mol. The van der Waals surface area contributed by atoms with Gasteiger partial charge < -0.3 is 15.5 Å². The fourth-order valence-corrected chi connectivity index (χ4v) is 1.93. The van der Waals surface area contributed by atoms with E-state index in [1.54, 1.807) is 0 Å². The summed E-state index contributed by atoms with van der Waals surface area (Å²) in [6.45, 7) is 0.238. The zero-order valence-electron chi connectivity index (χ0n) is 9.33. The van der Waals surface area contributed by atoms with Crippen LogP contribution in [0.3, 0.4) is 0 Å². The Morgan fingerprint density at radius 2 is 2.24 bits per heavy atom. The maximum atomic E-state index is 11.5. The number of hydrogen-bond donors (Lipinski definition) is 3. The van der Waals surface area contributed by atoms with Gasteiger partial charge in [0.2, 0.25) is 0 Å². The smallest absolute Gasteiger partial charge is 0.256 e. The molecule has 1 amide bonds. The van der Waals surface area contributed by atoms with Gasteiger partial charge in [0.1, 0.15) is 6.34 Å². The van der Waals surface area contributed by atoms with E-state index in [9.17, 15) is 4.79 Å². The number of amides is 1. The minimum atomic E-state index is -0.344. The van der Waals surface area contributed by atoms with E-state index in [4.69, 9.17) is 10.2 Å². The summed E-state index contributed by atoms with van der Waals surface area (Å²) in [5, 5.41) is 20.9. The fourth-order valence-electron chi connectivity index (χ4n) is 1.93. The van der Waals surface area contributed by atoms with E-state index >= 15 is 0 Å². The first kappa shape index (κ1) is 12.1. The molecule has 1 heterocycles. The van der Waals surface area contributed by atoms with Crippen LogP contribution in [-0.2, 0) is 4.79 Å². The van der Waals surface area contributed by atoms with Crippen LogP contribution in [0.15, 0.2) is 21.6 Å². The van der Waals surface area contributed by atoms with Crippen molar-refractivity contribution in [3.63, 3.8) is 0 Å². The van der Waals surface area contributed by atoms with E-state index < -0.39 is 0 Å². The summed E-state index contributed by atoms with van der Waals surface area (Å²) in [6.07, 6.45) is 3.87. The molecule has 2 rings (SSSR count). The average Bonchev–Trinajstić information content (AvgIpc) is 2.75. The number of rotatable bonds is 5. The predicted octanol–water partition coefficient (Wildman–Crippen LogP) is -1.11. The number of allylic oxidation sites excluding steroid dienone is 1. The van der Waals surface area contributed by atoms with Gasteiger partial charge in [-0.3, -0.25) is 4.79 Å². The molecule has 2 aliphatic rings. The lowest BCUT2D eigenvalue weighted by Crippen LogP contribution is -2.38. The van der Waals surface area contributed by atoms with Crippen molar-refractivity contribution in [2.75, 3.05) is 19.8 Å². The quantitative estimate of drug-likeness (QED) is 0.565. The molecule has 0 saturated heterocycles. The number of nitrogens with zero attached hydrogens (tertiary/aromatic N) is 2. The van der Waals surface area contributed by atoms with Crippen LogP contribution in [0.2, 0.25) is 0 Å². The second-order valence-electron chi connectivity index (χ2n) is 4.06. The van der Waals surface area contributed by atoms with Gasteiger partial charge in [0.05, 0.1) is 30.9 Å². The van der Waals surface area contributed by atoms with E-state index in [1.165, 1.54) is 6.34 Å². The number of aliphatic imine (C=N–C) groups is 2.